The van der Waals surface area contributed by atoms with Crippen LogP contribution in [0, 0.1) is 0 Å². The van der Waals surface area contributed by atoms with Crippen molar-refractivity contribution in [2.45, 2.75) is 26.4 Å². The smallest absolute Gasteiger partial charge is 0.165 e. The van der Waals surface area contributed by atoms with E-state index in [1.54, 1.807) is 20.1 Å². The predicted octanol–water partition coefficient (Wildman–Crippen LogP) is 4.25. The summed E-state index contributed by atoms with van der Waals surface area (Å²) in [6.07, 6.45) is 3.27. The molecule has 0 radical (unpaired) electrons. The average Bonchev–Trinajstić information content (AvgIpc) is 2.32. The monoisotopic (exact) mass is 228 g/mol. The molecule has 0 aliphatic carbocycles. The van der Waals surface area contributed by atoms with Gasteiger partial charge in [0.15, 0.2) is 11.7 Å². The molecule has 0 aromatic heterocycles. The molecule has 0 heterocycles. The highest BCUT2D eigenvalue weighted by Gasteiger charge is 2.09. The molecular weight excluding hydrogens is 210 g/mol. The lowest BCUT2D eigenvalue weighted by molar-refractivity contribution is 0.121. The van der Waals surface area contributed by atoms with E-state index in [0.717, 1.165) is 6.08 Å². The first-order valence-electron chi connectivity index (χ1n) is 5.00. The summed E-state index contributed by atoms with van der Waals surface area (Å²) in [5, 5.41) is 0. The molecule has 0 bridgehead atoms. The van der Waals surface area contributed by atoms with Gasteiger partial charge in [-0.3, -0.25) is 0 Å². The Hall–Kier alpha value is -1.22. The van der Waals surface area contributed by atoms with Crippen LogP contribution in [0.15, 0.2) is 48.1 Å². The van der Waals surface area contributed by atoms with Gasteiger partial charge in [0.1, 0.15) is 0 Å². The molecule has 16 heavy (non-hydrogen) atoms. The quantitative estimate of drug-likeness (QED) is 0.617. The molecule has 0 spiro atoms. The van der Waals surface area contributed by atoms with Crippen LogP contribution in [0.3, 0.4) is 0 Å². The Morgan fingerprint density at radius 1 is 1.44 bits per heavy atom. The number of methoxy groups -OCH3 is 1. The minimum atomic E-state index is -0.988. The standard InChI is InChI=1S/C13H18F2O/c1-6-12(14)13(15)11(4)9(2)7-8-10(3)16-5/h6-7,10H,1,4,8H2,2-3,5H3/b9-7+,13-12-. The van der Waals surface area contributed by atoms with Crippen LogP contribution in [0.1, 0.15) is 20.3 Å². The van der Waals surface area contributed by atoms with Gasteiger partial charge >= 0.3 is 0 Å². The van der Waals surface area contributed by atoms with Gasteiger partial charge in [-0.15, -0.1) is 0 Å². The zero-order valence-corrected chi connectivity index (χ0v) is 10.0. The van der Waals surface area contributed by atoms with E-state index in [0.29, 0.717) is 12.0 Å². The topological polar surface area (TPSA) is 9.23 Å². The van der Waals surface area contributed by atoms with Crippen molar-refractivity contribution in [1.29, 1.82) is 0 Å². The lowest BCUT2D eigenvalue weighted by Gasteiger charge is -2.08. The molecule has 0 rings (SSSR count). The molecule has 0 saturated heterocycles. The maximum Gasteiger partial charge on any atom is 0.165 e. The van der Waals surface area contributed by atoms with Crippen molar-refractivity contribution >= 4 is 0 Å². The summed E-state index contributed by atoms with van der Waals surface area (Å²) in [4.78, 5) is 0. The van der Waals surface area contributed by atoms with Crippen LogP contribution in [0.4, 0.5) is 8.78 Å². The van der Waals surface area contributed by atoms with Crippen LogP contribution < -0.4 is 0 Å². The summed E-state index contributed by atoms with van der Waals surface area (Å²) >= 11 is 0. The zero-order valence-electron chi connectivity index (χ0n) is 10.0. The van der Waals surface area contributed by atoms with Gasteiger partial charge in [-0.25, -0.2) is 8.78 Å². The van der Waals surface area contributed by atoms with Gasteiger partial charge in [0.05, 0.1) is 6.10 Å². The highest BCUT2D eigenvalue weighted by atomic mass is 19.2. The van der Waals surface area contributed by atoms with Gasteiger partial charge < -0.3 is 4.74 Å². The average molecular weight is 228 g/mol. The molecule has 0 aromatic rings. The van der Waals surface area contributed by atoms with E-state index in [-0.39, 0.29) is 11.7 Å². The fourth-order valence-corrected chi connectivity index (χ4v) is 0.969. The van der Waals surface area contributed by atoms with Crippen LogP contribution in [0.25, 0.3) is 0 Å². The molecule has 1 nitrogen and oxygen atoms in total. The van der Waals surface area contributed by atoms with Gasteiger partial charge in [0, 0.05) is 12.7 Å². The third kappa shape index (κ3) is 4.53. The van der Waals surface area contributed by atoms with Crippen LogP contribution in [0.5, 0.6) is 0 Å². The molecule has 0 aliphatic heterocycles. The molecular formula is C13H18F2O. The highest BCUT2D eigenvalue weighted by molar-refractivity contribution is 5.42. The second-order valence-electron chi connectivity index (χ2n) is 3.51. The normalized spacial score (nSPS) is 15.4. The van der Waals surface area contributed by atoms with Crippen LogP contribution in [-0.2, 0) is 4.74 Å². The second-order valence-corrected chi connectivity index (χ2v) is 3.51. The predicted molar refractivity (Wildman–Crippen MR) is 63.4 cm³/mol. The largest absolute Gasteiger partial charge is 0.381 e. The van der Waals surface area contributed by atoms with Crippen molar-refractivity contribution < 1.29 is 13.5 Å². The number of ether oxygens (including phenoxy) is 1. The van der Waals surface area contributed by atoms with Gasteiger partial charge in [-0.05, 0) is 31.9 Å². The Kier molecular flexibility index (Phi) is 6.58. The second kappa shape index (κ2) is 7.12. The van der Waals surface area contributed by atoms with E-state index in [2.05, 4.69) is 13.2 Å². The number of hydrogen-bond acceptors (Lipinski definition) is 1. The number of hydrogen-bond donors (Lipinski definition) is 0. The van der Waals surface area contributed by atoms with E-state index < -0.39 is 11.7 Å². The molecule has 0 fully saturated rings. The van der Waals surface area contributed by atoms with Crippen molar-refractivity contribution in [1.82, 2.24) is 0 Å². The third-order valence-corrected chi connectivity index (χ3v) is 2.29. The number of rotatable bonds is 6. The van der Waals surface area contributed by atoms with E-state index >= 15 is 0 Å². The number of halogens is 2. The summed E-state index contributed by atoms with van der Waals surface area (Å²) in [6.45, 7) is 10.2. The first-order chi connectivity index (χ1) is 7.43. The van der Waals surface area contributed by atoms with E-state index in [1.807, 2.05) is 6.92 Å². The minimum absolute atomic E-state index is 0.0408. The van der Waals surface area contributed by atoms with Crippen LogP contribution in [0.2, 0.25) is 0 Å². The highest BCUT2D eigenvalue weighted by Crippen LogP contribution is 2.23. The Balaban J connectivity index is 4.68. The number of allylic oxidation sites excluding steroid dienone is 5. The maximum absolute atomic E-state index is 13.3. The van der Waals surface area contributed by atoms with Crippen molar-refractivity contribution in [3.8, 4) is 0 Å². The Bertz CT molecular complexity index is 327. The SMILES string of the molecule is C=C/C(F)=C(/F)C(=C)/C(C)=C/CC(C)OC. The fourth-order valence-electron chi connectivity index (χ4n) is 0.969. The summed E-state index contributed by atoms with van der Waals surface area (Å²) < 4.78 is 31.2. The first-order valence-corrected chi connectivity index (χ1v) is 5.00. The van der Waals surface area contributed by atoms with Gasteiger partial charge in [-0.1, -0.05) is 19.2 Å². The van der Waals surface area contributed by atoms with Crippen molar-refractivity contribution in [2.24, 2.45) is 0 Å². The minimum Gasteiger partial charge on any atom is -0.381 e. The van der Waals surface area contributed by atoms with Crippen molar-refractivity contribution in [3.63, 3.8) is 0 Å². The van der Waals surface area contributed by atoms with Gasteiger partial charge in [-0.2, -0.15) is 0 Å². The van der Waals surface area contributed by atoms with E-state index in [4.69, 9.17) is 4.74 Å². The lowest BCUT2D eigenvalue weighted by Crippen LogP contribution is -2.02. The summed E-state index contributed by atoms with van der Waals surface area (Å²) in [5.41, 5.74) is 0.638. The molecule has 1 atom stereocenters. The summed E-state index contributed by atoms with van der Waals surface area (Å²) in [6, 6.07) is 0. The van der Waals surface area contributed by atoms with Crippen molar-refractivity contribution in [3.05, 3.63) is 48.1 Å². The molecule has 3 heteroatoms. The molecule has 0 N–H and O–H groups in total. The first kappa shape index (κ1) is 14.8. The molecule has 0 aliphatic rings. The van der Waals surface area contributed by atoms with Crippen LogP contribution >= 0.6 is 0 Å². The molecule has 1 unspecified atom stereocenters. The van der Waals surface area contributed by atoms with Gasteiger partial charge in [0.2, 0.25) is 0 Å². The van der Waals surface area contributed by atoms with Crippen LogP contribution in [-0.4, -0.2) is 13.2 Å². The lowest BCUT2D eigenvalue weighted by atomic mass is 10.1. The Morgan fingerprint density at radius 2 is 2.00 bits per heavy atom. The molecule has 0 saturated carbocycles. The zero-order chi connectivity index (χ0) is 12.7. The van der Waals surface area contributed by atoms with E-state index in [9.17, 15) is 8.78 Å². The Labute approximate surface area is 95.8 Å². The van der Waals surface area contributed by atoms with E-state index in [1.165, 1.54) is 0 Å². The summed E-state index contributed by atoms with van der Waals surface area (Å²) in [7, 11) is 1.60. The summed E-state index contributed by atoms with van der Waals surface area (Å²) in [5.74, 6) is -1.95. The van der Waals surface area contributed by atoms with Gasteiger partial charge in [0.25, 0.3) is 0 Å². The Morgan fingerprint density at radius 3 is 2.44 bits per heavy atom. The molecule has 90 valence electrons. The third-order valence-electron chi connectivity index (χ3n) is 2.29. The molecule has 0 amide bonds. The maximum atomic E-state index is 13.3. The fraction of sp³-hybridized carbons (Fsp3) is 0.385. The van der Waals surface area contributed by atoms with Crippen molar-refractivity contribution in [2.75, 3.05) is 7.11 Å². The molecule has 0 aromatic carbocycles.